The van der Waals surface area contributed by atoms with Gasteiger partial charge in [0.15, 0.2) is 0 Å². The molecule has 1 amide bonds. The lowest BCUT2D eigenvalue weighted by Gasteiger charge is -2.31. The molecule has 2 aromatic rings. The fourth-order valence-corrected chi connectivity index (χ4v) is 5.39. The van der Waals surface area contributed by atoms with Gasteiger partial charge in [-0.15, -0.1) is 11.3 Å². The average molecular weight is 415 g/mol. The van der Waals surface area contributed by atoms with Crippen molar-refractivity contribution in [1.29, 1.82) is 0 Å². The van der Waals surface area contributed by atoms with Crippen molar-refractivity contribution in [2.45, 2.75) is 45.4 Å². The summed E-state index contributed by atoms with van der Waals surface area (Å²) in [5.41, 5.74) is 1.66. The summed E-state index contributed by atoms with van der Waals surface area (Å²) in [7, 11) is 0. The number of anilines is 2. The SMILES string of the molecule is CCOC(=O)c1c(NC(=O)C2CCN(c3cnccn3)CC2)sc2c1CCCC2. The summed E-state index contributed by atoms with van der Waals surface area (Å²) >= 11 is 1.54. The summed E-state index contributed by atoms with van der Waals surface area (Å²) in [5.74, 6) is 0.451. The highest BCUT2D eigenvalue weighted by Gasteiger charge is 2.30. The van der Waals surface area contributed by atoms with Crippen LogP contribution in [-0.2, 0) is 22.4 Å². The quantitative estimate of drug-likeness (QED) is 0.755. The summed E-state index contributed by atoms with van der Waals surface area (Å²) in [5, 5.41) is 3.73. The smallest absolute Gasteiger partial charge is 0.341 e. The molecule has 0 bridgehead atoms. The molecule has 2 aliphatic rings. The lowest BCUT2D eigenvalue weighted by Crippen LogP contribution is -2.38. The van der Waals surface area contributed by atoms with Gasteiger partial charge in [-0.05, 0) is 51.0 Å². The molecular weight excluding hydrogens is 388 g/mol. The maximum absolute atomic E-state index is 13.0. The summed E-state index contributed by atoms with van der Waals surface area (Å²) in [6.07, 6.45) is 10.7. The molecule has 29 heavy (non-hydrogen) atoms. The molecule has 1 saturated heterocycles. The third-order valence-corrected chi connectivity index (χ3v) is 6.83. The molecule has 0 saturated carbocycles. The maximum Gasteiger partial charge on any atom is 0.341 e. The number of nitrogens with one attached hydrogen (secondary N) is 1. The minimum absolute atomic E-state index is 0.00654. The Morgan fingerprint density at radius 1 is 1.24 bits per heavy atom. The van der Waals surface area contributed by atoms with Crippen molar-refractivity contribution in [2.75, 3.05) is 29.9 Å². The zero-order chi connectivity index (χ0) is 20.2. The molecule has 0 aromatic carbocycles. The largest absolute Gasteiger partial charge is 0.462 e. The number of carbonyl (C=O) groups excluding carboxylic acids is 2. The molecule has 8 heteroatoms. The molecular formula is C21H26N4O3S. The minimum Gasteiger partial charge on any atom is -0.462 e. The Kier molecular flexibility index (Phi) is 6.08. The number of hydrogen-bond donors (Lipinski definition) is 1. The van der Waals surface area contributed by atoms with Gasteiger partial charge in [-0.3, -0.25) is 9.78 Å². The van der Waals surface area contributed by atoms with Gasteiger partial charge < -0.3 is 15.0 Å². The fourth-order valence-electron chi connectivity index (χ4n) is 4.11. The van der Waals surface area contributed by atoms with Crippen LogP contribution in [0.1, 0.15) is 53.4 Å². The first-order valence-electron chi connectivity index (χ1n) is 10.3. The number of thiophene rings is 1. The number of ether oxygens (including phenoxy) is 1. The predicted octanol–water partition coefficient (Wildman–Crippen LogP) is 3.45. The monoisotopic (exact) mass is 414 g/mol. The summed E-state index contributed by atoms with van der Waals surface area (Å²) in [6.45, 7) is 3.67. The molecule has 4 rings (SSSR count). The van der Waals surface area contributed by atoms with Crippen LogP contribution in [0.15, 0.2) is 18.6 Å². The summed E-state index contributed by atoms with van der Waals surface area (Å²) < 4.78 is 5.28. The zero-order valence-electron chi connectivity index (χ0n) is 16.6. The van der Waals surface area contributed by atoms with Crippen molar-refractivity contribution in [3.05, 3.63) is 34.6 Å². The van der Waals surface area contributed by atoms with Crippen LogP contribution in [-0.4, -0.2) is 41.5 Å². The van der Waals surface area contributed by atoms with Crippen molar-refractivity contribution < 1.29 is 14.3 Å². The third kappa shape index (κ3) is 4.27. The summed E-state index contributed by atoms with van der Waals surface area (Å²) in [6, 6.07) is 0. The van der Waals surface area contributed by atoms with Crippen LogP contribution in [0, 0.1) is 5.92 Å². The molecule has 1 aliphatic carbocycles. The van der Waals surface area contributed by atoms with Crippen LogP contribution in [0.2, 0.25) is 0 Å². The third-order valence-electron chi connectivity index (χ3n) is 5.63. The lowest BCUT2D eigenvalue weighted by atomic mass is 9.94. The first kappa shape index (κ1) is 19.8. The van der Waals surface area contributed by atoms with E-state index in [9.17, 15) is 9.59 Å². The highest BCUT2D eigenvalue weighted by atomic mass is 32.1. The van der Waals surface area contributed by atoms with Crippen molar-refractivity contribution in [3.8, 4) is 0 Å². The van der Waals surface area contributed by atoms with Gasteiger partial charge in [0.05, 0.1) is 18.4 Å². The van der Waals surface area contributed by atoms with Crippen LogP contribution in [0.25, 0.3) is 0 Å². The van der Waals surface area contributed by atoms with Crippen molar-refractivity contribution in [2.24, 2.45) is 5.92 Å². The topological polar surface area (TPSA) is 84.4 Å². The number of esters is 1. The minimum atomic E-state index is -0.320. The van der Waals surface area contributed by atoms with Gasteiger partial charge in [0.1, 0.15) is 10.8 Å². The predicted molar refractivity (Wildman–Crippen MR) is 113 cm³/mol. The van der Waals surface area contributed by atoms with Gasteiger partial charge in [-0.2, -0.15) is 0 Å². The van der Waals surface area contributed by atoms with E-state index in [2.05, 4.69) is 20.2 Å². The van der Waals surface area contributed by atoms with Gasteiger partial charge >= 0.3 is 5.97 Å². The van der Waals surface area contributed by atoms with E-state index in [1.807, 2.05) is 0 Å². The Bertz CT molecular complexity index is 876. The van der Waals surface area contributed by atoms with E-state index in [-0.39, 0.29) is 17.8 Å². The average Bonchev–Trinajstić information content (AvgIpc) is 3.12. The Morgan fingerprint density at radius 2 is 2.03 bits per heavy atom. The number of carbonyl (C=O) groups is 2. The number of fused-ring (bicyclic) bond motifs is 1. The number of amides is 1. The highest BCUT2D eigenvalue weighted by molar-refractivity contribution is 7.17. The summed E-state index contributed by atoms with van der Waals surface area (Å²) in [4.78, 5) is 37.4. The standard InChI is InChI=1S/C21H26N4O3S/c1-2-28-21(27)18-15-5-3-4-6-16(15)29-20(18)24-19(26)14-7-11-25(12-8-14)17-13-22-9-10-23-17/h9-10,13-14H,2-8,11-12H2,1H3,(H,24,26). The van der Waals surface area contributed by atoms with Gasteiger partial charge in [-0.25, -0.2) is 9.78 Å². The highest BCUT2D eigenvalue weighted by Crippen LogP contribution is 2.39. The Hall–Kier alpha value is -2.48. The number of hydrogen-bond acceptors (Lipinski definition) is 7. The van der Waals surface area contributed by atoms with Crippen LogP contribution >= 0.6 is 11.3 Å². The normalized spacial score (nSPS) is 16.9. The molecule has 0 spiro atoms. The van der Waals surface area contributed by atoms with Crippen LogP contribution < -0.4 is 10.2 Å². The zero-order valence-corrected chi connectivity index (χ0v) is 17.5. The number of aromatic nitrogens is 2. The molecule has 1 N–H and O–H groups in total. The van der Waals surface area contributed by atoms with E-state index < -0.39 is 0 Å². The molecule has 0 radical (unpaired) electrons. The van der Waals surface area contributed by atoms with Crippen molar-refractivity contribution in [1.82, 2.24) is 9.97 Å². The molecule has 154 valence electrons. The lowest BCUT2D eigenvalue weighted by molar-refractivity contribution is -0.120. The Labute approximate surface area is 174 Å². The second kappa shape index (κ2) is 8.90. The molecule has 2 aromatic heterocycles. The fraction of sp³-hybridized carbons (Fsp3) is 0.524. The maximum atomic E-state index is 13.0. The first-order valence-corrected chi connectivity index (χ1v) is 11.1. The second-order valence-electron chi connectivity index (χ2n) is 7.45. The molecule has 3 heterocycles. The van der Waals surface area contributed by atoms with E-state index >= 15 is 0 Å². The van der Waals surface area contributed by atoms with Gasteiger partial charge in [0.2, 0.25) is 5.91 Å². The molecule has 1 aliphatic heterocycles. The van der Waals surface area contributed by atoms with Gasteiger partial charge in [0.25, 0.3) is 0 Å². The molecule has 7 nitrogen and oxygen atoms in total. The van der Waals surface area contributed by atoms with Gasteiger partial charge in [-0.1, -0.05) is 0 Å². The van der Waals surface area contributed by atoms with Crippen molar-refractivity contribution in [3.63, 3.8) is 0 Å². The van der Waals surface area contributed by atoms with E-state index in [0.717, 1.165) is 63.0 Å². The molecule has 0 atom stereocenters. The number of rotatable bonds is 5. The number of nitrogens with zero attached hydrogens (tertiary/aromatic N) is 3. The molecule has 1 fully saturated rings. The van der Waals surface area contributed by atoms with E-state index in [1.54, 1.807) is 36.9 Å². The number of piperidine rings is 1. The first-order chi connectivity index (χ1) is 14.2. The van der Waals surface area contributed by atoms with Crippen molar-refractivity contribution >= 4 is 34.0 Å². The van der Waals surface area contributed by atoms with E-state index in [0.29, 0.717) is 17.2 Å². The molecule has 0 unspecified atom stereocenters. The van der Waals surface area contributed by atoms with E-state index in [1.165, 1.54) is 4.88 Å². The second-order valence-corrected chi connectivity index (χ2v) is 8.55. The Morgan fingerprint density at radius 3 is 2.76 bits per heavy atom. The van der Waals surface area contributed by atoms with E-state index in [4.69, 9.17) is 4.74 Å². The van der Waals surface area contributed by atoms with Gasteiger partial charge in [0, 0.05) is 36.3 Å². The Balaban J connectivity index is 1.45. The van der Waals surface area contributed by atoms with Crippen LogP contribution in [0.4, 0.5) is 10.8 Å². The van der Waals surface area contributed by atoms with Crippen LogP contribution in [0.5, 0.6) is 0 Å². The number of aryl methyl sites for hydroxylation is 1. The van der Waals surface area contributed by atoms with Crippen LogP contribution in [0.3, 0.4) is 0 Å².